The third kappa shape index (κ3) is 4.64. The molecule has 0 radical (unpaired) electrons. The van der Waals surface area contributed by atoms with Crippen molar-refractivity contribution in [3.05, 3.63) is 83.5 Å². The van der Waals surface area contributed by atoms with Crippen molar-refractivity contribution in [3.63, 3.8) is 0 Å². The van der Waals surface area contributed by atoms with Gasteiger partial charge >= 0.3 is 5.97 Å². The van der Waals surface area contributed by atoms with Crippen molar-refractivity contribution >= 4 is 35.0 Å². The van der Waals surface area contributed by atoms with E-state index in [1.54, 1.807) is 63.4 Å². The van der Waals surface area contributed by atoms with Gasteiger partial charge < -0.3 is 18.9 Å². The minimum atomic E-state index is -0.827. The van der Waals surface area contributed by atoms with Crippen LogP contribution in [0.25, 0.3) is 6.08 Å². The van der Waals surface area contributed by atoms with Crippen LogP contribution in [0.5, 0.6) is 17.2 Å². The van der Waals surface area contributed by atoms with Crippen LogP contribution in [0.1, 0.15) is 31.0 Å². The van der Waals surface area contributed by atoms with Crippen LogP contribution in [-0.2, 0) is 9.53 Å². The number of halogens is 1. The van der Waals surface area contributed by atoms with Crippen LogP contribution in [0.4, 0.5) is 0 Å². The molecule has 2 aromatic carbocycles. The molecule has 0 amide bonds. The lowest BCUT2D eigenvalue weighted by atomic mass is 9.94. The van der Waals surface area contributed by atoms with Crippen LogP contribution in [-0.4, -0.2) is 38.5 Å². The van der Waals surface area contributed by atoms with Crippen LogP contribution in [0.3, 0.4) is 0 Å². The van der Waals surface area contributed by atoms with Gasteiger partial charge in [-0.25, -0.2) is 9.79 Å². The minimum Gasteiger partial charge on any atom is -0.497 e. The molecule has 0 bridgehead atoms. The molecule has 0 saturated carbocycles. The van der Waals surface area contributed by atoms with Gasteiger partial charge in [-0.1, -0.05) is 29.0 Å². The van der Waals surface area contributed by atoms with Crippen molar-refractivity contribution in [2.24, 2.45) is 4.99 Å². The van der Waals surface area contributed by atoms with Crippen LogP contribution in [0.15, 0.2) is 57.5 Å². The third-order valence-corrected chi connectivity index (χ3v) is 7.00. The van der Waals surface area contributed by atoms with Crippen molar-refractivity contribution in [2.75, 3.05) is 27.9 Å². The lowest BCUT2D eigenvalue weighted by Gasteiger charge is -2.26. The molecule has 1 aliphatic rings. The van der Waals surface area contributed by atoms with E-state index in [-0.39, 0.29) is 17.7 Å². The average molecular weight is 529 g/mol. The quantitative estimate of drug-likeness (QED) is 0.436. The standard InChI is InChI=1S/C26H25ClN2O6S/c1-6-35-25(31)22-14(2)28-26-29(23(22)17-13-16(32-3)8-10-19(17)33-4)24(30)21(36-26)12-15-7-9-20(34-5)18(27)11-15/h7-13,23H,6H2,1-5H3/b21-12+/t23-/m0/s1. The lowest BCUT2D eigenvalue weighted by molar-refractivity contribution is -0.139. The smallest absolute Gasteiger partial charge is 0.338 e. The molecular formula is C26H25ClN2O6S. The Bertz CT molecular complexity index is 1540. The van der Waals surface area contributed by atoms with Crippen molar-refractivity contribution in [2.45, 2.75) is 19.9 Å². The topological polar surface area (TPSA) is 88.4 Å². The maximum Gasteiger partial charge on any atom is 0.338 e. The fourth-order valence-electron chi connectivity index (χ4n) is 4.06. The van der Waals surface area contributed by atoms with Gasteiger partial charge in [0.15, 0.2) is 4.80 Å². The Morgan fingerprint density at radius 3 is 2.47 bits per heavy atom. The molecule has 188 valence electrons. The molecule has 3 aromatic rings. The monoisotopic (exact) mass is 528 g/mol. The van der Waals surface area contributed by atoms with E-state index >= 15 is 0 Å². The van der Waals surface area contributed by atoms with Crippen LogP contribution < -0.4 is 29.1 Å². The molecule has 0 fully saturated rings. The van der Waals surface area contributed by atoms with Crippen LogP contribution >= 0.6 is 22.9 Å². The number of ether oxygens (including phenoxy) is 4. The summed E-state index contributed by atoms with van der Waals surface area (Å²) in [6, 6.07) is 9.67. The lowest BCUT2D eigenvalue weighted by Crippen LogP contribution is -2.40. The molecule has 0 unspecified atom stereocenters. The third-order valence-electron chi connectivity index (χ3n) is 5.72. The first kappa shape index (κ1) is 25.5. The second-order valence-electron chi connectivity index (χ2n) is 7.80. The fraction of sp³-hybridized carbons (Fsp3) is 0.269. The van der Waals surface area contributed by atoms with Gasteiger partial charge in [-0.2, -0.15) is 0 Å². The van der Waals surface area contributed by atoms with Crippen molar-refractivity contribution in [1.82, 2.24) is 4.57 Å². The molecule has 4 rings (SSSR count). The highest BCUT2D eigenvalue weighted by Gasteiger charge is 2.35. The predicted octanol–water partition coefficient (Wildman–Crippen LogP) is 3.48. The fourth-order valence-corrected chi connectivity index (χ4v) is 5.38. The molecule has 2 heterocycles. The Morgan fingerprint density at radius 2 is 1.83 bits per heavy atom. The molecule has 10 heteroatoms. The van der Waals surface area contributed by atoms with Gasteiger partial charge in [0.2, 0.25) is 0 Å². The number of carbonyl (C=O) groups is 1. The molecule has 0 spiro atoms. The SMILES string of the molecule is CCOC(=O)C1=C(C)N=c2s/c(=C/c3ccc(OC)c(Cl)c3)c(=O)n2[C@H]1c1cc(OC)ccc1OC. The summed E-state index contributed by atoms with van der Waals surface area (Å²) in [7, 11) is 4.61. The summed E-state index contributed by atoms with van der Waals surface area (Å²) in [5.74, 6) is 1.03. The first-order valence-electron chi connectivity index (χ1n) is 11.1. The average Bonchev–Trinajstić information content (AvgIpc) is 3.17. The van der Waals surface area contributed by atoms with E-state index in [4.69, 9.17) is 30.5 Å². The summed E-state index contributed by atoms with van der Waals surface area (Å²) < 4.78 is 23.5. The van der Waals surface area contributed by atoms with E-state index in [1.807, 2.05) is 0 Å². The Balaban J connectivity index is 1.99. The van der Waals surface area contributed by atoms with Crippen molar-refractivity contribution in [1.29, 1.82) is 0 Å². The molecule has 36 heavy (non-hydrogen) atoms. The summed E-state index contributed by atoms with van der Waals surface area (Å²) >= 11 is 7.50. The van der Waals surface area contributed by atoms with Gasteiger partial charge in [0.1, 0.15) is 23.3 Å². The second-order valence-corrected chi connectivity index (χ2v) is 9.22. The Hall–Kier alpha value is -3.56. The number of fused-ring (bicyclic) bond motifs is 1. The first-order chi connectivity index (χ1) is 17.3. The Kier molecular flexibility index (Phi) is 7.51. The van der Waals surface area contributed by atoms with Crippen molar-refractivity contribution in [3.8, 4) is 17.2 Å². The molecule has 1 atom stereocenters. The minimum absolute atomic E-state index is 0.181. The maximum absolute atomic E-state index is 13.8. The zero-order valence-electron chi connectivity index (χ0n) is 20.5. The Labute approximate surface area is 216 Å². The van der Waals surface area contributed by atoms with Gasteiger partial charge in [0.25, 0.3) is 5.56 Å². The molecule has 0 N–H and O–H groups in total. The highest BCUT2D eigenvalue weighted by Crippen LogP contribution is 2.37. The van der Waals surface area contributed by atoms with Gasteiger partial charge in [0.05, 0.1) is 48.8 Å². The van der Waals surface area contributed by atoms with Gasteiger partial charge in [-0.3, -0.25) is 9.36 Å². The van der Waals surface area contributed by atoms with E-state index in [0.29, 0.717) is 42.9 Å². The van der Waals surface area contributed by atoms with E-state index in [0.717, 1.165) is 5.56 Å². The van der Waals surface area contributed by atoms with E-state index in [2.05, 4.69) is 4.99 Å². The molecule has 8 nitrogen and oxygen atoms in total. The zero-order chi connectivity index (χ0) is 26.0. The number of rotatable bonds is 7. The number of esters is 1. The summed E-state index contributed by atoms with van der Waals surface area (Å²) in [5, 5.41) is 0.429. The second kappa shape index (κ2) is 10.6. The molecule has 1 aliphatic heterocycles. The number of aromatic nitrogens is 1. The number of nitrogens with zero attached hydrogens (tertiary/aromatic N) is 2. The predicted molar refractivity (Wildman–Crippen MR) is 138 cm³/mol. The molecular weight excluding hydrogens is 504 g/mol. The molecule has 0 saturated heterocycles. The number of methoxy groups -OCH3 is 3. The molecule has 1 aromatic heterocycles. The number of allylic oxidation sites excluding steroid dienone is 1. The normalized spacial score (nSPS) is 15.3. The number of hydrogen-bond acceptors (Lipinski definition) is 8. The Morgan fingerprint density at radius 1 is 1.11 bits per heavy atom. The summed E-state index contributed by atoms with van der Waals surface area (Å²) in [6.07, 6.45) is 1.73. The molecule has 0 aliphatic carbocycles. The van der Waals surface area contributed by atoms with Crippen LogP contribution in [0, 0.1) is 0 Å². The van der Waals surface area contributed by atoms with Gasteiger partial charge in [-0.15, -0.1) is 0 Å². The van der Waals surface area contributed by atoms with E-state index < -0.39 is 12.0 Å². The largest absolute Gasteiger partial charge is 0.497 e. The van der Waals surface area contributed by atoms with Crippen LogP contribution in [0.2, 0.25) is 5.02 Å². The first-order valence-corrected chi connectivity index (χ1v) is 12.3. The summed E-state index contributed by atoms with van der Waals surface area (Å²) in [4.78, 5) is 31.9. The van der Waals surface area contributed by atoms with E-state index in [9.17, 15) is 9.59 Å². The van der Waals surface area contributed by atoms with Crippen molar-refractivity contribution < 1.29 is 23.7 Å². The number of thiazole rings is 1. The summed E-state index contributed by atoms with van der Waals surface area (Å²) in [5.41, 5.74) is 1.71. The number of carbonyl (C=O) groups excluding carboxylic acids is 1. The number of hydrogen-bond donors (Lipinski definition) is 0. The highest BCUT2D eigenvalue weighted by atomic mass is 35.5. The van der Waals surface area contributed by atoms with Gasteiger partial charge in [-0.05, 0) is 55.8 Å². The number of benzene rings is 2. The van der Waals surface area contributed by atoms with E-state index in [1.165, 1.54) is 30.1 Å². The summed E-state index contributed by atoms with van der Waals surface area (Å²) in [6.45, 7) is 3.64. The van der Waals surface area contributed by atoms with Gasteiger partial charge in [0, 0.05) is 5.56 Å². The highest BCUT2D eigenvalue weighted by molar-refractivity contribution is 7.07. The zero-order valence-corrected chi connectivity index (χ0v) is 22.0. The maximum atomic E-state index is 13.8.